The number of aliphatic carboxylic acids is 1. The molecule has 0 spiro atoms. The van der Waals surface area contributed by atoms with Gasteiger partial charge in [0.25, 0.3) is 0 Å². The van der Waals surface area contributed by atoms with Gasteiger partial charge in [-0.1, -0.05) is 0 Å². The number of carbonyl (C=O) groups is 2. The van der Waals surface area contributed by atoms with Crippen molar-refractivity contribution in [2.24, 2.45) is 0 Å². The number of carboxylic acid groups (broad SMARTS) is 1. The van der Waals surface area contributed by atoms with Crippen LogP contribution in [0.4, 0.5) is 10.5 Å². The van der Waals surface area contributed by atoms with E-state index in [9.17, 15) is 9.59 Å². The second-order valence-electron chi connectivity index (χ2n) is 3.48. The van der Waals surface area contributed by atoms with Crippen LogP contribution in [-0.2, 0) is 9.53 Å². The first kappa shape index (κ1) is 11.0. The van der Waals surface area contributed by atoms with Gasteiger partial charge >= 0.3 is 12.1 Å². The van der Waals surface area contributed by atoms with Crippen LogP contribution < -0.4 is 4.90 Å². The number of rotatable bonds is 2. The van der Waals surface area contributed by atoms with Gasteiger partial charge in [-0.25, -0.2) is 9.59 Å². The molecule has 1 aliphatic heterocycles. The Morgan fingerprint density at radius 3 is 2.59 bits per heavy atom. The SMILES string of the molecule is N#Cc1ccc(N2CC(C(=O)O)OC2=O)cc1. The summed E-state index contributed by atoms with van der Waals surface area (Å²) in [6.07, 6.45) is -1.83. The third-order valence-corrected chi connectivity index (χ3v) is 2.40. The lowest BCUT2D eigenvalue weighted by Gasteiger charge is -2.11. The lowest BCUT2D eigenvalue weighted by molar-refractivity contribution is -0.144. The van der Waals surface area contributed by atoms with Crippen LogP contribution in [0.3, 0.4) is 0 Å². The van der Waals surface area contributed by atoms with E-state index in [2.05, 4.69) is 4.74 Å². The molecule has 1 aromatic rings. The molecule has 6 nitrogen and oxygen atoms in total. The quantitative estimate of drug-likeness (QED) is 0.820. The van der Waals surface area contributed by atoms with Crippen LogP contribution in [0, 0.1) is 11.3 Å². The molecule has 1 N–H and O–H groups in total. The Hall–Kier alpha value is -2.55. The number of carbonyl (C=O) groups excluding carboxylic acids is 1. The number of anilines is 1. The summed E-state index contributed by atoms with van der Waals surface area (Å²) < 4.78 is 4.67. The van der Waals surface area contributed by atoms with Gasteiger partial charge in [-0.15, -0.1) is 0 Å². The molecule has 1 amide bonds. The Kier molecular flexibility index (Phi) is 2.66. The van der Waals surface area contributed by atoms with Gasteiger partial charge in [-0.3, -0.25) is 4.90 Å². The number of nitrogens with zero attached hydrogens (tertiary/aromatic N) is 2. The summed E-state index contributed by atoms with van der Waals surface area (Å²) in [5.41, 5.74) is 0.980. The van der Waals surface area contributed by atoms with Crippen molar-refractivity contribution in [2.45, 2.75) is 6.10 Å². The first-order chi connectivity index (χ1) is 8.11. The molecule has 6 heteroatoms. The Morgan fingerprint density at radius 1 is 1.47 bits per heavy atom. The molecule has 0 saturated carbocycles. The summed E-state index contributed by atoms with van der Waals surface area (Å²) in [6.45, 7) is -0.0277. The second kappa shape index (κ2) is 4.14. The molecule has 2 rings (SSSR count). The van der Waals surface area contributed by atoms with Crippen molar-refractivity contribution in [3.63, 3.8) is 0 Å². The molecule has 86 valence electrons. The van der Waals surface area contributed by atoms with Crippen LogP contribution >= 0.6 is 0 Å². The Bertz CT molecular complexity index is 503. The Morgan fingerprint density at radius 2 is 2.12 bits per heavy atom. The summed E-state index contributed by atoms with van der Waals surface area (Å²) in [5, 5.41) is 17.4. The first-order valence-corrected chi connectivity index (χ1v) is 4.83. The van der Waals surface area contributed by atoms with Crippen LogP contribution in [-0.4, -0.2) is 29.8 Å². The lowest BCUT2D eigenvalue weighted by atomic mass is 10.2. The van der Waals surface area contributed by atoms with E-state index in [0.29, 0.717) is 11.3 Å². The third-order valence-electron chi connectivity index (χ3n) is 2.40. The average molecular weight is 232 g/mol. The maximum Gasteiger partial charge on any atom is 0.415 e. The van der Waals surface area contributed by atoms with Crippen molar-refractivity contribution in [1.82, 2.24) is 0 Å². The predicted molar refractivity (Wildman–Crippen MR) is 56.4 cm³/mol. The zero-order chi connectivity index (χ0) is 12.4. The Labute approximate surface area is 96.6 Å². The third kappa shape index (κ3) is 2.03. The molecule has 1 heterocycles. The van der Waals surface area contributed by atoms with E-state index in [4.69, 9.17) is 10.4 Å². The van der Waals surface area contributed by atoms with Crippen LogP contribution in [0.2, 0.25) is 0 Å². The van der Waals surface area contributed by atoms with Gasteiger partial charge < -0.3 is 9.84 Å². The smallest absolute Gasteiger partial charge is 0.415 e. The fourth-order valence-electron chi connectivity index (χ4n) is 1.52. The number of cyclic esters (lactones) is 1. The molecule has 0 aliphatic carbocycles. The standard InChI is InChI=1S/C11H8N2O4/c12-5-7-1-3-8(4-2-7)13-6-9(10(14)15)17-11(13)16/h1-4,9H,6H2,(H,14,15). The fourth-order valence-corrected chi connectivity index (χ4v) is 1.52. The maximum atomic E-state index is 11.4. The molecular formula is C11H8N2O4. The van der Waals surface area contributed by atoms with Crippen LogP contribution in [0.1, 0.15) is 5.56 Å². The number of ether oxygens (including phenoxy) is 1. The predicted octanol–water partition coefficient (Wildman–Crippen LogP) is 0.968. The number of hydrogen-bond acceptors (Lipinski definition) is 4. The highest BCUT2D eigenvalue weighted by Crippen LogP contribution is 2.21. The van der Waals surface area contributed by atoms with Gasteiger partial charge in [0.15, 0.2) is 0 Å². The number of hydrogen-bond donors (Lipinski definition) is 1. The molecule has 0 radical (unpaired) electrons. The molecule has 0 aromatic heterocycles. The highest BCUT2D eigenvalue weighted by atomic mass is 16.6. The van der Waals surface area contributed by atoms with Gasteiger partial charge in [0.2, 0.25) is 6.10 Å². The summed E-state index contributed by atoms with van der Waals surface area (Å²) in [4.78, 5) is 23.3. The number of benzene rings is 1. The van der Waals surface area contributed by atoms with E-state index in [-0.39, 0.29) is 6.54 Å². The minimum absolute atomic E-state index is 0.0277. The van der Waals surface area contributed by atoms with Crippen LogP contribution in [0.5, 0.6) is 0 Å². The molecule has 1 unspecified atom stereocenters. The van der Waals surface area contributed by atoms with E-state index in [0.717, 1.165) is 0 Å². The van der Waals surface area contributed by atoms with Crippen molar-refractivity contribution in [2.75, 3.05) is 11.4 Å². The molecule has 1 fully saturated rings. The number of amides is 1. The molecular weight excluding hydrogens is 224 g/mol. The van der Waals surface area contributed by atoms with Crippen LogP contribution in [0.15, 0.2) is 24.3 Å². The zero-order valence-corrected chi connectivity index (χ0v) is 8.66. The number of carboxylic acids is 1. The summed E-state index contributed by atoms with van der Waals surface area (Å²) in [6, 6.07) is 8.21. The largest absolute Gasteiger partial charge is 0.478 e. The summed E-state index contributed by atoms with van der Waals surface area (Å²) in [5.74, 6) is -1.17. The van der Waals surface area contributed by atoms with Gasteiger partial charge in [0.05, 0.1) is 18.2 Å². The minimum Gasteiger partial charge on any atom is -0.478 e. The monoisotopic (exact) mass is 232 g/mol. The van der Waals surface area contributed by atoms with Gasteiger partial charge in [-0.05, 0) is 24.3 Å². The number of nitriles is 1. The van der Waals surface area contributed by atoms with E-state index in [1.54, 1.807) is 24.3 Å². The molecule has 17 heavy (non-hydrogen) atoms. The summed E-state index contributed by atoms with van der Waals surface area (Å²) in [7, 11) is 0. The van der Waals surface area contributed by atoms with E-state index in [1.165, 1.54) is 4.90 Å². The normalized spacial score (nSPS) is 18.6. The fraction of sp³-hybridized carbons (Fsp3) is 0.182. The topological polar surface area (TPSA) is 90.6 Å². The highest BCUT2D eigenvalue weighted by Gasteiger charge is 2.36. The van der Waals surface area contributed by atoms with Crippen molar-refractivity contribution in [3.05, 3.63) is 29.8 Å². The molecule has 1 atom stereocenters. The molecule has 1 aliphatic rings. The van der Waals surface area contributed by atoms with Gasteiger partial charge in [-0.2, -0.15) is 5.26 Å². The summed E-state index contributed by atoms with van der Waals surface area (Å²) >= 11 is 0. The van der Waals surface area contributed by atoms with Crippen molar-refractivity contribution >= 4 is 17.7 Å². The molecule has 1 saturated heterocycles. The lowest BCUT2D eigenvalue weighted by Crippen LogP contribution is -2.27. The second-order valence-corrected chi connectivity index (χ2v) is 3.48. The van der Waals surface area contributed by atoms with Crippen molar-refractivity contribution in [3.8, 4) is 6.07 Å². The zero-order valence-electron chi connectivity index (χ0n) is 8.66. The van der Waals surface area contributed by atoms with E-state index >= 15 is 0 Å². The van der Waals surface area contributed by atoms with Crippen molar-refractivity contribution < 1.29 is 19.4 Å². The average Bonchev–Trinajstić information content (AvgIpc) is 2.72. The van der Waals surface area contributed by atoms with Gasteiger partial charge in [0, 0.05) is 5.69 Å². The first-order valence-electron chi connectivity index (χ1n) is 4.83. The Balaban J connectivity index is 2.20. The highest BCUT2D eigenvalue weighted by molar-refractivity contribution is 5.93. The van der Waals surface area contributed by atoms with E-state index in [1.807, 2.05) is 6.07 Å². The van der Waals surface area contributed by atoms with Crippen molar-refractivity contribution in [1.29, 1.82) is 5.26 Å². The van der Waals surface area contributed by atoms with Gasteiger partial charge in [0.1, 0.15) is 0 Å². The minimum atomic E-state index is -1.17. The molecule has 1 aromatic carbocycles. The van der Waals surface area contributed by atoms with E-state index < -0.39 is 18.2 Å². The maximum absolute atomic E-state index is 11.4. The molecule has 0 bridgehead atoms. The van der Waals surface area contributed by atoms with Crippen LogP contribution in [0.25, 0.3) is 0 Å².